The topological polar surface area (TPSA) is 92.9 Å². The highest BCUT2D eigenvalue weighted by Crippen LogP contribution is 2.23. The van der Waals surface area contributed by atoms with Crippen molar-refractivity contribution in [3.63, 3.8) is 0 Å². The molecule has 1 N–H and O–H groups in total. The molecule has 1 aliphatic heterocycles. The molecule has 1 aromatic carbocycles. The summed E-state index contributed by atoms with van der Waals surface area (Å²) in [6.07, 6.45) is 1.19. The molecule has 2 aromatic rings. The number of nitrogens with zero attached hydrogens (tertiary/aromatic N) is 2. The van der Waals surface area contributed by atoms with Gasteiger partial charge in [0.15, 0.2) is 0 Å². The fourth-order valence-electron chi connectivity index (χ4n) is 3.01. The van der Waals surface area contributed by atoms with E-state index in [1.165, 1.54) is 4.90 Å². The number of aryl methyl sites for hydroxylation is 2. The number of hydrogen-bond acceptors (Lipinski definition) is 5. The molecule has 0 spiro atoms. The van der Waals surface area contributed by atoms with Gasteiger partial charge >= 0.3 is 5.97 Å². The highest BCUT2D eigenvalue weighted by Gasteiger charge is 2.34. The largest absolute Gasteiger partial charge is 0.489 e. The number of carbonyl (C=O) groups excluding carboxylic acids is 1. The molecular weight excluding hydrogens is 324 g/mol. The molecule has 132 valence electrons. The maximum absolute atomic E-state index is 12.6. The van der Waals surface area contributed by atoms with Crippen molar-refractivity contribution in [1.82, 2.24) is 10.1 Å². The SMILES string of the molecule is Cc1noc(C)c1COc1cccc(C(=O)N2CCC[C@H]2C(=O)O)c1. The lowest BCUT2D eigenvalue weighted by atomic mass is 10.1. The quantitative estimate of drug-likeness (QED) is 0.896. The average molecular weight is 344 g/mol. The number of carbonyl (C=O) groups is 2. The Bertz CT molecular complexity index is 779. The molecule has 25 heavy (non-hydrogen) atoms. The van der Waals surface area contributed by atoms with Gasteiger partial charge in [0, 0.05) is 12.1 Å². The maximum atomic E-state index is 12.6. The number of carboxylic acids is 1. The van der Waals surface area contributed by atoms with Crippen LogP contribution < -0.4 is 4.74 Å². The second kappa shape index (κ2) is 6.96. The van der Waals surface area contributed by atoms with Gasteiger partial charge in [-0.25, -0.2) is 4.79 Å². The van der Waals surface area contributed by atoms with E-state index in [1.807, 2.05) is 13.8 Å². The molecule has 7 nitrogen and oxygen atoms in total. The van der Waals surface area contributed by atoms with E-state index in [1.54, 1.807) is 24.3 Å². The van der Waals surface area contributed by atoms with Crippen molar-refractivity contribution in [1.29, 1.82) is 0 Å². The summed E-state index contributed by atoms with van der Waals surface area (Å²) in [4.78, 5) is 25.3. The summed E-state index contributed by atoms with van der Waals surface area (Å²) in [7, 11) is 0. The summed E-state index contributed by atoms with van der Waals surface area (Å²) in [5.74, 6) is -0.00706. The first-order valence-corrected chi connectivity index (χ1v) is 8.15. The van der Waals surface area contributed by atoms with Crippen LogP contribution in [0.15, 0.2) is 28.8 Å². The third-order valence-electron chi connectivity index (χ3n) is 4.44. The van der Waals surface area contributed by atoms with Gasteiger partial charge in [0.1, 0.15) is 24.2 Å². The lowest BCUT2D eigenvalue weighted by Crippen LogP contribution is -2.40. The van der Waals surface area contributed by atoms with Crippen LogP contribution in [0.2, 0.25) is 0 Å². The maximum Gasteiger partial charge on any atom is 0.326 e. The second-order valence-electron chi connectivity index (χ2n) is 6.11. The number of likely N-dealkylation sites (tertiary alicyclic amines) is 1. The highest BCUT2D eigenvalue weighted by atomic mass is 16.5. The van der Waals surface area contributed by atoms with Crippen LogP contribution >= 0.6 is 0 Å². The zero-order valence-corrected chi connectivity index (χ0v) is 14.2. The zero-order valence-electron chi connectivity index (χ0n) is 14.2. The molecule has 1 saturated heterocycles. The number of aliphatic carboxylic acids is 1. The van der Waals surface area contributed by atoms with Crippen molar-refractivity contribution < 1.29 is 24.0 Å². The number of hydrogen-bond donors (Lipinski definition) is 1. The lowest BCUT2D eigenvalue weighted by molar-refractivity contribution is -0.141. The van der Waals surface area contributed by atoms with Gasteiger partial charge in [-0.1, -0.05) is 11.2 Å². The van der Waals surface area contributed by atoms with Crippen molar-refractivity contribution >= 4 is 11.9 Å². The molecular formula is C18H20N2O5. The second-order valence-corrected chi connectivity index (χ2v) is 6.11. The highest BCUT2D eigenvalue weighted by molar-refractivity contribution is 5.97. The van der Waals surface area contributed by atoms with E-state index in [9.17, 15) is 14.7 Å². The Kier molecular flexibility index (Phi) is 4.74. The van der Waals surface area contributed by atoms with Crippen molar-refractivity contribution in [2.75, 3.05) is 6.54 Å². The third-order valence-corrected chi connectivity index (χ3v) is 4.44. The molecule has 0 aliphatic carbocycles. The third kappa shape index (κ3) is 3.50. The van der Waals surface area contributed by atoms with Gasteiger partial charge in [-0.2, -0.15) is 0 Å². The fourth-order valence-corrected chi connectivity index (χ4v) is 3.01. The molecule has 0 saturated carbocycles. The normalized spacial score (nSPS) is 16.9. The van der Waals surface area contributed by atoms with Crippen LogP contribution in [0.4, 0.5) is 0 Å². The number of carboxylic acid groups (broad SMARTS) is 1. The first-order chi connectivity index (χ1) is 12.0. The molecule has 1 amide bonds. The Labute approximate surface area is 145 Å². The van der Waals surface area contributed by atoms with Crippen LogP contribution in [0.25, 0.3) is 0 Å². The molecule has 1 fully saturated rings. The number of ether oxygens (including phenoxy) is 1. The zero-order chi connectivity index (χ0) is 18.0. The van der Waals surface area contributed by atoms with E-state index in [2.05, 4.69) is 5.16 Å². The van der Waals surface area contributed by atoms with E-state index >= 15 is 0 Å². The molecule has 0 unspecified atom stereocenters. The summed E-state index contributed by atoms with van der Waals surface area (Å²) >= 11 is 0. The minimum Gasteiger partial charge on any atom is -0.489 e. The minimum absolute atomic E-state index is 0.285. The van der Waals surface area contributed by atoms with E-state index in [0.29, 0.717) is 43.1 Å². The molecule has 1 atom stereocenters. The monoisotopic (exact) mass is 344 g/mol. The van der Waals surface area contributed by atoms with Gasteiger partial charge in [-0.3, -0.25) is 4.79 Å². The Balaban J connectivity index is 1.73. The number of benzene rings is 1. The molecule has 1 aliphatic rings. The Morgan fingerprint density at radius 2 is 2.20 bits per heavy atom. The first kappa shape index (κ1) is 17.0. The minimum atomic E-state index is -0.961. The van der Waals surface area contributed by atoms with Crippen molar-refractivity contribution in [3.8, 4) is 5.75 Å². The van der Waals surface area contributed by atoms with Crippen LogP contribution in [-0.4, -0.2) is 39.6 Å². The predicted octanol–water partition coefficient (Wildman–Crippen LogP) is 2.56. The van der Waals surface area contributed by atoms with Crippen molar-refractivity contribution in [2.45, 2.75) is 39.3 Å². The summed E-state index contributed by atoms with van der Waals surface area (Å²) in [5.41, 5.74) is 2.07. The Morgan fingerprint density at radius 1 is 1.40 bits per heavy atom. The number of amides is 1. The average Bonchev–Trinajstić information content (AvgIpc) is 3.20. The summed E-state index contributed by atoms with van der Waals surface area (Å²) in [6.45, 7) is 4.41. The number of aromatic nitrogens is 1. The number of rotatable bonds is 5. The Hall–Kier alpha value is -2.83. The lowest BCUT2D eigenvalue weighted by Gasteiger charge is -2.21. The molecule has 2 heterocycles. The first-order valence-electron chi connectivity index (χ1n) is 8.15. The summed E-state index contributed by atoms with van der Waals surface area (Å²) < 4.78 is 10.9. The smallest absolute Gasteiger partial charge is 0.326 e. The molecule has 0 radical (unpaired) electrons. The van der Waals surface area contributed by atoms with Gasteiger partial charge < -0.3 is 19.3 Å². The van der Waals surface area contributed by atoms with Crippen LogP contribution in [0.1, 0.15) is 40.2 Å². The van der Waals surface area contributed by atoms with Crippen LogP contribution in [-0.2, 0) is 11.4 Å². The van der Waals surface area contributed by atoms with Crippen molar-refractivity contribution in [2.24, 2.45) is 0 Å². The molecule has 0 bridgehead atoms. The van der Waals surface area contributed by atoms with Gasteiger partial charge in [0.05, 0.1) is 11.3 Å². The van der Waals surface area contributed by atoms with E-state index in [0.717, 1.165) is 11.3 Å². The van der Waals surface area contributed by atoms with E-state index in [-0.39, 0.29) is 5.91 Å². The van der Waals surface area contributed by atoms with E-state index < -0.39 is 12.0 Å². The summed E-state index contributed by atoms with van der Waals surface area (Å²) in [5, 5.41) is 13.1. The molecule has 1 aromatic heterocycles. The van der Waals surface area contributed by atoms with Gasteiger partial charge in [0.25, 0.3) is 5.91 Å². The molecule has 3 rings (SSSR count). The van der Waals surface area contributed by atoms with Gasteiger partial charge in [-0.05, 0) is 44.9 Å². The van der Waals surface area contributed by atoms with Crippen LogP contribution in [0.3, 0.4) is 0 Å². The van der Waals surface area contributed by atoms with Gasteiger partial charge in [0.2, 0.25) is 0 Å². The van der Waals surface area contributed by atoms with E-state index in [4.69, 9.17) is 9.26 Å². The summed E-state index contributed by atoms with van der Waals surface area (Å²) in [6, 6.07) is 6.04. The standard InChI is InChI=1S/C18H20N2O5/c1-11-15(12(2)25-19-11)10-24-14-6-3-5-13(9-14)17(21)20-8-4-7-16(20)18(22)23/h3,5-6,9,16H,4,7-8,10H2,1-2H3,(H,22,23)/t16-/m0/s1. The fraction of sp³-hybridized carbons (Fsp3) is 0.389. The van der Waals surface area contributed by atoms with Crippen LogP contribution in [0.5, 0.6) is 5.75 Å². The Morgan fingerprint density at radius 3 is 2.88 bits per heavy atom. The van der Waals surface area contributed by atoms with Crippen molar-refractivity contribution in [3.05, 3.63) is 46.8 Å². The van der Waals surface area contributed by atoms with Crippen LogP contribution in [0, 0.1) is 13.8 Å². The van der Waals surface area contributed by atoms with Gasteiger partial charge in [-0.15, -0.1) is 0 Å². The predicted molar refractivity (Wildman–Crippen MR) is 88.4 cm³/mol. The molecule has 7 heteroatoms.